The van der Waals surface area contributed by atoms with Crippen molar-refractivity contribution in [3.63, 3.8) is 0 Å². The Morgan fingerprint density at radius 1 is 1.11 bits per heavy atom. The van der Waals surface area contributed by atoms with Gasteiger partial charge in [-0.2, -0.15) is 0 Å². The molecule has 1 amide bonds. The minimum absolute atomic E-state index is 0.0487. The summed E-state index contributed by atoms with van der Waals surface area (Å²) in [6.07, 6.45) is 6.24. The van der Waals surface area contributed by atoms with E-state index < -0.39 is 0 Å². The number of methoxy groups -OCH3 is 1. The third-order valence-corrected chi connectivity index (χ3v) is 8.48. The van der Waals surface area contributed by atoms with Crippen LogP contribution in [0, 0.1) is 5.92 Å². The predicted octanol–water partition coefficient (Wildman–Crippen LogP) is 5.92. The van der Waals surface area contributed by atoms with Crippen molar-refractivity contribution in [2.45, 2.75) is 37.1 Å². The van der Waals surface area contributed by atoms with Gasteiger partial charge in [0.05, 0.1) is 7.11 Å². The Morgan fingerprint density at radius 3 is 2.74 bits per heavy atom. The summed E-state index contributed by atoms with van der Waals surface area (Å²) >= 11 is 0. The lowest BCUT2D eigenvalue weighted by Crippen LogP contribution is -2.56. The quantitative estimate of drug-likeness (QED) is 0.421. The van der Waals surface area contributed by atoms with E-state index in [9.17, 15) is 4.79 Å². The van der Waals surface area contributed by atoms with Gasteiger partial charge in [0.1, 0.15) is 5.75 Å². The maximum atomic E-state index is 13.6. The van der Waals surface area contributed by atoms with Crippen LogP contribution in [0.25, 0.3) is 10.8 Å². The minimum Gasteiger partial charge on any atom is -0.497 e. The number of carbonyl (C=O) groups excluding carboxylic acids is 1. The molecule has 1 saturated carbocycles. The van der Waals surface area contributed by atoms with Crippen LogP contribution in [0.2, 0.25) is 0 Å². The molecular weight excluding hydrogens is 432 g/mol. The summed E-state index contributed by atoms with van der Waals surface area (Å²) in [6.45, 7) is 7.03. The lowest BCUT2D eigenvalue weighted by atomic mass is 9.57. The number of hydrogen-bond acceptors (Lipinski definition) is 3. The molecule has 0 aromatic heterocycles. The second-order valence-corrected chi connectivity index (χ2v) is 10.3. The Labute approximate surface area is 209 Å². The highest BCUT2D eigenvalue weighted by atomic mass is 16.5. The van der Waals surface area contributed by atoms with Gasteiger partial charge in [-0.15, -0.1) is 6.58 Å². The number of hydrogen-bond donors (Lipinski definition) is 0. The van der Waals surface area contributed by atoms with E-state index in [1.54, 1.807) is 7.11 Å². The Kier molecular flexibility index (Phi) is 6.66. The average molecular weight is 469 g/mol. The number of piperidine rings is 1. The van der Waals surface area contributed by atoms with Gasteiger partial charge in [-0.05, 0) is 78.7 Å². The van der Waals surface area contributed by atoms with Gasteiger partial charge >= 0.3 is 0 Å². The van der Waals surface area contributed by atoms with Crippen LogP contribution in [-0.4, -0.2) is 55.5 Å². The fraction of sp³-hybridized carbons (Fsp3) is 0.387. The Morgan fingerprint density at radius 2 is 1.94 bits per heavy atom. The maximum Gasteiger partial charge on any atom is 0.253 e. The SMILES string of the molecule is C=CCN1CC[C@@]2(c3cccc(OC)c3)C[C@H](N(C)C(=O)c3ccc4ccccc4c3)CC[C@@H]2C1. The van der Waals surface area contributed by atoms with E-state index in [4.69, 9.17) is 4.74 Å². The van der Waals surface area contributed by atoms with E-state index in [-0.39, 0.29) is 17.4 Å². The number of amides is 1. The van der Waals surface area contributed by atoms with Gasteiger partial charge in [0.15, 0.2) is 0 Å². The molecule has 1 aliphatic carbocycles. The predicted molar refractivity (Wildman–Crippen MR) is 143 cm³/mol. The summed E-state index contributed by atoms with van der Waals surface area (Å²) in [5.41, 5.74) is 2.17. The molecule has 0 unspecified atom stereocenters. The smallest absolute Gasteiger partial charge is 0.253 e. The maximum absolute atomic E-state index is 13.6. The van der Waals surface area contributed by atoms with E-state index >= 15 is 0 Å². The zero-order valence-corrected chi connectivity index (χ0v) is 21.0. The molecule has 182 valence electrons. The molecule has 0 bridgehead atoms. The van der Waals surface area contributed by atoms with Gasteiger partial charge < -0.3 is 9.64 Å². The summed E-state index contributed by atoms with van der Waals surface area (Å²) in [6, 6.07) is 23.1. The molecule has 5 rings (SSSR count). The summed E-state index contributed by atoms with van der Waals surface area (Å²) < 4.78 is 5.60. The van der Waals surface area contributed by atoms with Crippen molar-refractivity contribution in [2.24, 2.45) is 5.92 Å². The van der Waals surface area contributed by atoms with Gasteiger partial charge in [-0.25, -0.2) is 0 Å². The highest BCUT2D eigenvalue weighted by Crippen LogP contribution is 2.50. The molecule has 1 heterocycles. The molecule has 35 heavy (non-hydrogen) atoms. The fourth-order valence-electron chi connectivity index (χ4n) is 6.49. The second-order valence-electron chi connectivity index (χ2n) is 10.3. The summed E-state index contributed by atoms with van der Waals surface area (Å²) in [7, 11) is 3.73. The van der Waals surface area contributed by atoms with Crippen LogP contribution in [0.3, 0.4) is 0 Å². The lowest BCUT2D eigenvalue weighted by molar-refractivity contribution is 0.0221. The highest BCUT2D eigenvalue weighted by Gasteiger charge is 2.49. The summed E-state index contributed by atoms with van der Waals surface area (Å²) in [5, 5.41) is 2.27. The zero-order valence-electron chi connectivity index (χ0n) is 21.0. The third-order valence-electron chi connectivity index (χ3n) is 8.48. The Balaban J connectivity index is 1.43. The molecular formula is C31H36N2O2. The van der Waals surface area contributed by atoms with Crippen molar-refractivity contribution in [3.05, 3.63) is 90.5 Å². The van der Waals surface area contributed by atoms with Gasteiger partial charge in [0.25, 0.3) is 5.91 Å². The summed E-state index contributed by atoms with van der Waals surface area (Å²) in [5.74, 6) is 1.58. The van der Waals surface area contributed by atoms with Crippen LogP contribution in [0.1, 0.15) is 41.6 Å². The van der Waals surface area contributed by atoms with Gasteiger partial charge in [0, 0.05) is 37.2 Å². The number of fused-ring (bicyclic) bond motifs is 2. The first kappa shape index (κ1) is 23.6. The normalized spacial score (nSPS) is 24.5. The van der Waals surface area contributed by atoms with E-state index in [1.807, 2.05) is 48.4 Å². The van der Waals surface area contributed by atoms with Crippen molar-refractivity contribution in [1.29, 1.82) is 0 Å². The van der Waals surface area contributed by atoms with Crippen LogP contribution in [0.5, 0.6) is 5.75 Å². The molecule has 1 saturated heterocycles. The van der Waals surface area contributed by atoms with Gasteiger partial charge in [-0.3, -0.25) is 9.69 Å². The topological polar surface area (TPSA) is 32.8 Å². The van der Waals surface area contributed by atoms with Gasteiger partial charge in [0.2, 0.25) is 0 Å². The minimum atomic E-state index is 0.0487. The lowest BCUT2D eigenvalue weighted by Gasteiger charge is -2.54. The number of likely N-dealkylation sites (tertiary alicyclic amines) is 1. The molecule has 3 atom stereocenters. The van der Waals surface area contributed by atoms with Crippen molar-refractivity contribution in [3.8, 4) is 5.75 Å². The Bertz CT molecular complexity index is 1220. The van der Waals surface area contributed by atoms with Crippen molar-refractivity contribution < 1.29 is 9.53 Å². The van der Waals surface area contributed by atoms with E-state index in [0.717, 1.165) is 67.4 Å². The monoisotopic (exact) mass is 468 g/mol. The first-order valence-electron chi connectivity index (χ1n) is 12.8. The highest BCUT2D eigenvalue weighted by molar-refractivity contribution is 5.98. The van der Waals surface area contributed by atoms with Crippen LogP contribution < -0.4 is 4.74 Å². The largest absolute Gasteiger partial charge is 0.497 e. The number of ether oxygens (including phenoxy) is 1. The standard InChI is InChI=1S/C31H36N2O2/c1-4-17-33-18-16-31(26-10-7-11-29(20-26)35-3)21-28(15-14-27(31)22-33)32(2)30(34)25-13-12-23-8-5-6-9-24(23)19-25/h4-13,19-20,27-28H,1,14-18,21-22H2,2-3H3/t27-,28-,31+/m1/s1. The molecule has 2 fully saturated rings. The summed E-state index contributed by atoms with van der Waals surface area (Å²) in [4.78, 5) is 18.2. The van der Waals surface area contributed by atoms with E-state index in [1.165, 1.54) is 5.56 Å². The van der Waals surface area contributed by atoms with Crippen LogP contribution in [0.4, 0.5) is 0 Å². The zero-order chi connectivity index (χ0) is 24.4. The average Bonchev–Trinajstić information content (AvgIpc) is 2.91. The molecule has 3 aromatic rings. The third kappa shape index (κ3) is 4.48. The Hall–Kier alpha value is -3.11. The van der Waals surface area contributed by atoms with E-state index in [2.05, 4.69) is 47.9 Å². The molecule has 0 N–H and O–H groups in total. The number of nitrogens with zero attached hydrogens (tertiary/aromatic N) is 2. The van der Waals surface area contributed by atoms with Crippen LogP contribution >= 0.6 is 0 Å². The van der Waals surface area contributed by atoms with E-state index in [0.29, 0.717) is 5.92 Å². The van der Waals surface area contributed by atoms with Crippen molar-refractivity contribution in [1.82, 2.24) is 9.80 Å². The first-order valence-corrected chi connectivity index (χ1v) is 12.8. The van der Waals surface area contributed by atoms with Gasteiger partial charge in [-0.1, -0.05) is 48.5 Å². The second kappa shape index (κ2) is 9.87. The fourth-order valence-corrected chi connectivity index (χ4v) is 6.49. The number of carbonyl (C=O) groups is 1. The molecule has 1 aliphatic heterocycles. The first-order chi connectivity index (χ1) is 17.0. The number of rotatable bonds is 6. The molecule has 0 radical (unpaired) electrons. The van der Waals surface area contributed by atoms with Crippen LogP contribution in [-0.2, 0) is 5.41 Å². The molecule has 4 heteroatoms. The molecule has 2 aliphatic rings. The van der Waals surface area contributed by atoms with Crippen molar-refractivity contribution >= 4 is 16.7 Å². The molecule has 3 aromatic carbocycles. The molecule has 4 nitrogen and oxygen atoms in total. The van der Waals surface area contributed by atoms with Crippen LogP contribution in [0.15, 0.2) is 79.4 Å². The van der Waals surface area contributed by atoms with Crippen molar-refractivity contribution in [2.75, 3.05) is 33.8 Å². The number of benzene rings is 3. The molecule has 0 spiro atoms.